The maximum Gasteiger partial charge on any atom is 0.293 e. The van der Waals surface area contributed by atoms with E-state index in [0.717, 1.165) is 62.5 Å². The molecule has 2 aromatic heterocycles. The van der Waals surface area contributed by atoms with Crippen LogP contribution in [0.25, 0.3) is 10.9 Å². The van der Waals surface area contributed by atoms with Gasteiger partial charge in [0.25, 0.3) is 17.4 Å². The molecule has 62 heavy (non-hydrogen) atoms. The number of piperidine rings is 3. The number of nitrogens with zero attached hydrogens (tertiary/aromatic N) is 5. The molecule has 2 aromatic carbocycles. The van der Waals surface area contributed by atoms with E-state index in [1.165, 1.54) is 13.1 Å². The summed E-state index contributed by atoms with van der Waals surface area (Å²) in [5.74, 6) is -1.52. The number of carbonyl (C=O) groups excluding carboxylic acids is 4. The van der Waals surface area contributed by atoms with Crippen molar-refractivity contribution in [1.29, 1.82) is 0 Å². The van der Waals surface area contributed by atoms with Crippen molar-refractivity contribution in [3.8, 4) is 5.75 Å². The Morgan fingerprint density at radius 3 is 2.47 bits per heavy atom. The first-order chi connectivity index (χ1) is 29.8. The highest BCUT2D eigenvalue weighted by Crippen LogP contribution is 2.51. The van der Waals surface area contributed by atoms with Crippen molar-refractivity contribution in [1.82, 2.24) is 30.5 Å². The van der Waals surface area contributed by atoms with Crippen molar-refractivity contribution < 1.29 is 33.0 Å². The molecule has 4 amide bonds. The molecule has 1 unspecified atom stereocenters. The van der Waals surface area contributed by atoms with Crippen molar-refractivity contribution in [2.45, 2.75) is 89.5 Å². The smallest absolute Gasteiger partial charge is 0.293 e. The van der Waals surface area contributed by atoms with Gasteiger partial charge in [0.1, 0.15) is 11.1 Å². The molecule has 1 aliphatic carbocycles. The Labute approximate surface area is 362 Å². The van der Waals surface area contributed by atoms with E-state index < -0.39 is 23.7 Å². The summed E-state index contributed by atoms with van der Waals surface area (Å²) in [5, 5.41) is 11.7. The van der Waals surface area contributed by atoms with Crippen LogP contribution in [0.1, 0.15) is 81.6 Å². The fourth-order valence-corrected chi connectivity index (χ4v) is 9.21. The summed E-state index contributed by atoms with van der Waals surface area (Å²) in [7, 11) is 1.51. The van der Waals surface area contributed by atoms with Gasteiger partial charge in [0.15, 0.2) is 24.0 Å². The number of fused-ring (bicyclic) bond motifs is 1. The number of pyridine rings is 1. The van der Waals surface area contributed by atoms with Gasteiger partial charge in [0, 0.05) is 56.8 Å². The van der Waals surface area contributed by atoms with Gasteiger partial charge in [0.05, 0.1) is 35.2 Å². The Balaban J connectivity index is 0.823. The van der Waals surface area contributed by atoms with Gasteiger partial charge in [-0.05, 0) is 101 Å². The Bertz CT molecular complexity index is 2440. The third kappa shape index (κ3) is 9.05. The second-order valence-electron chi connectivity index (χ2n) is 17.0. The predicted octanol–water partition coefficient (Wildman–Crippen LogP) is 5.00. The van der Waals surface area contributed by atoms with Gasteiger partial charge in [-0.1, -0.05) is 17.7 Å². The van der Waals surface area contributed by atoms with Crippen molar-refractivity contribution in [3.63, 3.8) is 0 Å². The molecule has 328 valence electrons. The molecule has 3 saturated heterocycles. The molecule has 4 N–H and O–H groups in total. The Morgan fingerprint density at radius 2 is 1.76 bits per heavy atom. The number of anilines is 4. The molecule has 1 saturated carbocycles. The van der Waals surface area contributed by atoms with E-state index in [9.17, 15) is 24.0 Å². The van der Waals surface area contributed by atoms with Crippen LogP contribution >= 0.6 is 11.6 Å². The molecule has 16 nitrogen and oxygen atoms in total. The number of aromatic nitrogens is 3. The summed E-state index contributed by atoms with van der Waals surface area (Å²) < 4.78 is 29.6. The van der Waals surface area contributed by atoms with Crippen molar-refractivity contribution in [3.05, 3.63) is 75.4 Å². The number of imide groups is 1. The third-order valence-electron chi connectivity index (χ3n) is 12.5. The van der Waals surface area contributed by atoms with Gasteiger partial charge < -0.3 is 39.8 Å². The first kappa shape index (κ1) is 42.9. The predicted molar refractivity (Wildman–Crippen MR) is 232 cm³/mol. The first-order valence-corrected chi connectivity index (χ1v) is 21.6. The SMILES string of the molecule is CNC(=O)COc1cc2cc(Nc3nc(N4CCC(OC5CC6(CCN(c7cccc(C(=O)NC8CCC(=O)NC8=O)c7F)CC6)C5)CC4)ncc3Cl)ccc2n(C(C)C)c1=O. The van der Waals surface area contributed by atoms with Crippen LogP contribution in [0.5, 0.6) is 5.75 Å². The van der Waals surface area contributed by atoms with E-state index in [1.807, 2.05) is 36.9 Å². The molecule has 0 radical (unpaired) electrons. The van der Waals surface area contributed by atoms with Crippen LogP contribution < -0.4 is 41.4 Å². The monoisotopic (exact) mass is 871 g/mol. The molecule has 4 aliphatic rings. The highest BCUT2D eigenvalue weighted by atomic mass is 35.5. The lowest BCUT2D eigenvalue weighted by atomic mass is 9.61. The number of nitrogens with one attached hydrogen (secondary N) is 4. The molecule has 0 bridgehead atoms. The average Bonchev–Trinajstić information content (AvgIpc) is 3.24. The van der Waals surface area contributed by atoms with Gasteiger partial charge in [-0.15, -0.1) is 0 Å². The second-order valence-corrected chi connectivity index (χ2v) is 17.4. The summed E-state index contributed by atoms with van der Waals surface area (Å²) in [6.45, 7) is 6.31. The van der Waals surface area contributed by atoms with E-state index in [2.05, 4.69) is 31.2 Å². The highest BCUT2D eigenvalue weighted by Gasteiger charge is 2.47. The number of hydrogen-bond acceptors (Lipinski definition) is 12. The van der Waals surface area contributed by atoms with E-state index >= 15 is 4.39 Å². The number of hydrogen-bond donors (Lipinski definition) is 4. The molecular weight excluding hydrogens is 821 g/mol. The Hall–Kier alpha value is -5.81. The topological polar surface area (TPSA) is 189 Å². The number of amides is 4. The van der Waals surface area contributed by atoms with Gasteiger partial charge in [-0.3, -0.25) is 29.3 Å². The second kappa shape index (κ2) is 17.9. The Morgan fingerprint density at radius 1 is 1.00 bits per heavy atom. The third-order valence-corrected chi connectivity index (χ3v) is 12.8. The minimum Gasteiger partial charge on any atom is -0.478 e. The minimum atomic E-state index is -0.881. The number of rotatable bonds is 12. The van der Waals surface area contributed by atoms with E-state index in [0.29, 0.717) is 41.3 Å². The summed E-state index contributed by atoms with van der Waals surface area (Å²) in [5.41, 5.74) is 1.50. The fourth-order valence-electron chi connectivity index (χ4n) is 9.07. The normalized spacial score (nSPS) is 19.4. The van der Waals surface area contributed by atoms with Gasteiger partial charge in [-0.25, -0.2) is 9.37 Å². The molecule has 18 heteroatoms. The standard InChI is InChI=1S/C44H51ClFN9O7/c1-25(2)55-33-9-7-27(19-26(33)20-35(42(55)60)61-24-37(57)47-3)49-39-31(45)23-48-43(52-39)54-15-11-28(12-16-54)62-29-21-44(22-29)13-17-53(18-14-44)34-6-4-5-30(38(34)46)40(58)50-32-8-10-36(56)51-41(32)59/h4-7,9,19-20,23,25,28-29,32H,8,10-18,21-22,24H2,1-3H3,(H,47,57)(H,50,58)(H,48,49,52)(H,51,56,59). The summed E-state index contributed by atoms with van der Waals surface area (Å²) in [6, 6.07) is 10.9. The largest absolute Gasteiger partial charge is 0.478 e. The number of halogens is 2. The van der Waals surface area contributed by atoms with Crippen molar-refractivity contribution >= 4 is 69.3 Å². The lowest BCUT2D eigenvalue weighted by Crippen LogP contribution is -2.52. The summed E-state index contributed by atoms with van der Waals surface area (Å²) >= 11 is 6.58. The molecule has 4 fully saturated rings. The quantitative estimate of drug-likeness (QED) is 0.140. The van der Waals surface area contributed by atoms with Crippen LogP contribution in [0.4, 0.5) is 27.5 Å². The van der Waals surface area contributed by atoms with E-state index in [-0.39, 0.29) is 71.8 Å². The molecule has 1 spiro atoms. The zero-order chi connectivity index (χ0) is 43.7. The maximum atomic E-state index is 15.7. The van der Waals surface area contributed by atoms with E-state index in [4.69, 9.17) is 26.1 Å². The fraction of sp³-hybridized carbons (Fsp3) is 0.477. The van der Waals surface area contributed by atoms with Crippen LogP contribution in [0.2, 0.25) is 5.02 Å². The zero-order valence-corrected chi connectivity index (χ0v) is 35.7. The lowest BCUT2D eigenvalue weighted by molar-refractivity contribution is -0.134. The molecule has 1 atom stereocenters. The van der Waals surface area contributed by atoms with Gasteiger partial charge in [-0.2, -0.15) is 4.98 Å². The van der Waals surface area contributed by atoms with Crippen LogP contribution in [-0.2, 0) is 19.1 Å². The lowest BCUT2D eigenvalue weighted by Gasteiger charge is -2.53. The van der Waals surface area contributed by atoms with Crippen molar-refractivity contribution in [2.24, 2.45) is 5.41 Å². The number of ether oxygens (including phenoxy) is 2. The van der Waals surface area contributed by atoms with Crippen LogP contribution in [0.15, 0.2) is 53.5 Å². The molecule has 3 aliphatic heterocycles. The minimum absolute atomic E-state index is 0.0802. The molecule has 5 heterocycles. The number of carbonyl (C=O) groups is 4. The summed E-state index contributed by atoms with van der Waals surface area (Å²) in [4.78, 5) is 75.1. The Kier molecular flexibility index (Phi) is 12.4. The van der Waals surface area contributed by atoms with Crippen molar-refractivity contribution in [2.75, 3.05) is 55.0 Å². The summed E-state index contributed by atoms with van der Waals surface area (Å²) in [6.07, 6.45) is 7.54. The zero-order valence-electron chi connectivity index (χ0n) is 35.0. The molecule has 4 aromatic rings. The average molecular weight is 872 g/mol. The van der Waals surface area contributed by atoms with Gasteiger partial charge >= 0.3 is 0 Å². The van der Waals surface area contributed by atoms with Crippen LogP contribution in [0.3, 0.4) is 0 Å². The van der Waals surface area contributed by atoms with Crippen LogP contribution in [-0.4, -0.2) is 96.2 Å². The number of benzene rings is 2. The maximum absolute atomic E-state index is 15.7. The van der Waals surface area contributed by atoms with Gasteiger partial charge in [0.2, 0.25) is 17.8 Å². The first-order valence-electron chi connectivity index (χ1n) is 21.2. The highest BCUT2D eigenvalue weighted by molar-refractivity contribution is 6.33. The van der Waals surface area contributed by atoms with Crippen LogP contribution in [0, 0.1) is 11.2 Å². The van der Waals surface area contributed by atoms with E-state index in [1.54, 1.807) is 29.0 Å². The molecule has 8 rings (SSSR count). The number of likely N-dealkylation sites (N-methyl/N-ethyl adjacent to an activating group) is 1. The molecular formula is C44H51ClFN9O7.